The molecule has 0 radical (unpaired) electrons. The van der Waals surface area contributed by atoms with Crippen molar-refractivity contribution < 1.29 is 27.6 Å². The summed E-state index contributed by atoms with van der Waals surface area (Å²) in [6.45, 7) is 1.52. The second kappa shape index (κ2) is 9.29. The van der Waals surface area contributed by atoms with Gasteiger partial charge in [-0.3, -0.25) is 9.63 Å². The zero-order chi connectivity index (χ0) is 20.0. The van der Waals surface area contributed by atoms with Crippen molar-refractivity contribution in [2.24, 2.45) is 0 Å². The predicted octanol–water partition coefficient (Wildman–Crippen LogP) is 1.86. The SMILES string of the molecule is CON(C)S(=O)(=O)c1ccc(C(=O)O[C@@H](C)C(=O)NC2CCCCC2)cc1. The van der Waals surface area contributed by atoms with Crippen molar-refractivity contribution in [2.75, 3.05) is 14.2 Å². The lowest BCUT2D eigenvalue weighted by Crippen LogP contribution is -2.42. The van der Waals surface area contributed by atoms with Gasteiger partial charge in [0, 0.05) is 13.1 Å². The smallest absolute Gasteiger partial charge is 0.338 e. The van der Waals surface area contributed by atoms with Gasteiger partial charge in [0.15, 0.2) is 6.10 Å². The molecule has 0 heterocycles. The molecule has 1 amide bonds. The Bertz CT molecular complexity index is 757. The van der Waals surface area contributed by atoms with Crippen LogP contribution >= 0.6 is 0 Å². The Balaban J connectivity index is 1.96. The van der Waals surface area contributed by atoms with Crippen LogP contribution in [0.25, 0.3) is 0 Å². The first-order chi connectivity index (χ1) is 12.8. The Morgan fingerprint density at radius 2 is 1.74 bits per heavy atom. The zero-order valence-electron chi connectivity index (χ0n) is 15.8. The highest BCUT2D eigenvalue weighted by molar-refractivity contribution is 7.89. The molecule has 1 N–H and O–H groups in total. The number of amides is 1. The number of esters is 1. The number of carbonyl (C=O) groups is 2. The fourth-order valence-corrected chi connectivity index (χ4v) is 3.83. The predicted molar refractivity (Wildman–Crippen MR) is 98.3 cm³/mol. The lowest BCUT2D eigenvalue weighted by atomic mass is 9.95. The van der Waals surface area contributed by atoms with Gasteiger partial charge in [-0.1, -0.05) is 23.7 Å². The van der Waals surface area contributed by atoms with Gasteiger partial charge in [0.1, 0.15) is 0 Å². The van der Waals surface area contributed by atoms with E-state index in [-0.39, 0.29) is 22.4 Å². The number of hydrogen-bond acceptors (Lipinski definition) is 6. The summed E-state index contributed by atoms with van der Waals surface area (Å²) in [5.41, 5.74) is 0.159. The van der Waals surface area contributed by atoms with Crippen LogP contribution in [0.2, 0.25) is 0 Å². The van der Waals surface area contributed by atoms with E-state index < -0.39 is 22.1 Å². The minimum atomic E-state index is -3.79. The molecule has 1 aliphatic carbocycles. The molecular weight excluding hydrogens is 372 g/mol. The van der Waals surface area contributed by atoms with E-state index >= 15 is 0 Å². The molecule has 1 saturated carbocycles. The van der Waals surface area contributed by atoms with Gasteiger partial charge in [-0.05, 0) is 44.0 Å². The molecule has 0 unspecified atom stereocenters. The summed E-state index contributed by atoms with van der Waals surface area (Å²) in [6.07, 6.45) is 4.32. The number of nitrogens with one attached hydrogen (secondary N) is 1. The molecule has 0 bridgehead atoms. The van der Waals surface area contributed by atoms with Crippen LogP contribution in [0.3, 0.4) is 0 Å². The molecule has 1 fully saturated rings. The highest BCUT2D eigenvalue weighted by Gasteiger charge is 2.24. The molecule has 1 aromatic carbocycles. The number of rotatable bonds is 7. The van der Waals surface area contributed by atoms with Crippen LogP contribution in [-0.2, 0) is 24.4 Å². The number of nitrogens with zero attached hydrogens (tertiary/aromatic N) is 1. The van der Waals surface area contributed by atoms with Crippen LogP contribution in [0.15, 0.2) is 29.2 Å². The van der Waals surface area contributed by atoms with Gasteiger partial charge in [0.25, 0.3) is 15.9 Å². The third kappa shape index (κ3) is 5.50. The van der Waals surface area contributed by atoms with Gasteiger partial charge < -0.3 is 10.1 Å². The Morgan fingerprint density at radius 1 is 1.15 bits per heavy atom. The summed E-state index contributed by atoms with van der Waals surface area (Å²) in [4.78, 5) is 29.1. The topological polar surface area (TPSA) is 102 Å². The summed E-state index contributed by atoms with van der Waals surface area (Å²) < 4.78 is 30.2. The minimum Gasteiger partial charge on any atom is -0.449 e. The first kappa shape index (κ1) is 21.3. The van der Waals surface area contributed by atoms with Crippen molar-refractivity contribution in [3.05, 3.63) is 29.8 Å². The van der Waals surface area contributed by atoms with Crippen LogP contribution in [0, 0.1) is 0 Å². The maximum atomic E-state index is 12.2. The maximum absolute atomic E-state index is 12.2. The average Bonchev–Trinajstić information content (AvgIpc) is 2.67. The lowest BCUT2D eigenvalue weighted by Gasteiger charge is -2.24. The highest BCUT2D eigenvalue weighted by atomic mass is 32.2. The van der Waals surface area contributed by atoms with Gasteiger partial charge >= 0.3 is 5.97 Å². The lowest BCUT2D eigenvalue weighted by molar-refractivity contribution is -0.130. The van der Waals surface area contributed by atoms with E-state index in [0.29, 0.717) is 0 Å². The molecule has 0 aliphatic heterocycles. The number of carbonyl (C=O) groups excluding carboxylic acids is 2. The van der Waals surface area contributed by atoms with Crippen LogP contribution in [0.5, 0.6) is 0 Å². The summed E-state index contributed by atoms with van der Waals surface area (Å²) in [7, 11) is -1.28. The second-order valence-electron chi connectivity index (χ2n) is 6.51. The van der Waals surface area contributed by atoms with E-state index in [2.05, 4.69) is 5.32 Å². The van der Waals surface area contributed by atoms with Crippen molar-refractivity contribution in [2.45, 2.75) is 56.1 Å². The minimum absolute atomic E-state index is 0.0218. The van der Waals surface area contributed by atoms with Gasteiger partial charge in [0.2, 0.25) is 0 Å². The Kier molecular flexibility index (Phi) is 7.34. The largest absolute Gasteiger partial charge is 0.449 e. The Labute approximate surface area is 159 Å². The number of sulfonamides is 1. The molecule has 0 spiro atoms. The third-order valence-electron chi connectivity index (χ3n) is 4.59. The summed E-state index contributed by atoms with van der Waals surface area (Å²) in [5.74, 6) is -1.01. The molecule has 0 aromatic heterocycles. The van der Waals surface area contributed by atoms with E-state index in [1.165, 1.54) is 51.8 Å². The number of hydrogen-bond donors (Lipinski definition) is 1. The summed E-state index contributed by atoms with van der Waals surface area (Å²) in [6, 6.07) is 5.38. The number of hydroxylamine groups is 1. The van der Waals surface area contributed by atoms with Crippen LogP contribution in [-0.4, -0.2) is 51.1 Å². The van der Waals surface area contributed by atoms with Crippen molar-refractivity contribution in [3.8, 4) is 0 Å². The Morgan fingerprint density at radius 3 is 2.30 bits per heavy atom. The number of ether oxygens (including phenoxy) is 1. The van der Waals surface area contributed by atoms with Crippen LogP contribution < -0.4 is 5.32 Å². The molecule has 1 aromatic rings. The molecule has 27 heavy (non-hydrogen) atoms. The average molecular weight is 398 g/mol. The van der Waals surface area contributed by atoms with E-state index in [1.807, 2.05) is 0 Å². The van der Waals surface area contributed by atoms with E-state index in [4.69, 9.17) is 9.57 Å². The summed E-state index contributed by atoms with van der Waals surface area (Å²) >= 11 is 0. The number of benzene rings is 1. The van der Waals surface area contributed by atoms with E-state index in [1.54, 1.807) is 0 Å². The van der Waals surface area contributed by atoms with Gasteiger partial charge in [-0.2, -0.15) is 0 Å². The zero-order valence-corrected chi connectivity index (χ0v) is 16.6. The maximum Gasteiger partial charge on any atom is 0.338 e. The normalized spacial score (nSPS) is 16.7. The van der Waals surface area contributed by atoms with Crippen molar-refractivity contribution in [1.82, 2.24) is 9.79 Å². The molecule has 150 valence electrons. The molecule has 1 aliphatic rings. The first-order valence-electron chi connectivity index (χ1n) is 8.90. The first-order valence-corrected chi connectivity index (χ1v) is 10.3. The van der Waals surface area contributed by atoms with Crippen LogP contribution in [0.1, 0.15) is 49.4 Å². The molecular formula is C18H26N2O6S. The van der Waals surface area contributed by atoms with Crippen molar-refractivity contribution in [3.63, 3.8) is 0 Å². The molecule has 8 nitrogen and oxygen atoms in total. The monoisotopic (exact) mass is 398 g/mol. The Hall–Kier alpha value is -1.97. The van der Waals surface area contributed by atoms with Gasteiger partial charge in [-0.15, -0.1) is 0 Å². The van der Waals surface area contributed by atoms with E-state index in [0.717, 1.165) is 30.2 Å². The fraction of sp³-hybridized carbons (Fsp3) is 0.556. The van der Waals surface area contributed by atoms with E-state index in [9.17, 15) is 18.0 Å². The van der Waals surface area contributed by atoms with Gasteiger partial charge in [0.05, 0.1) is 17.6 Å². The fourth-order valence-electron chi connectivity index (χ4n) is 2.86. The molecule has 1 atom stereocenters. The third-order valence-corrected chi connectivity index (χ3v) is 6.28. The second-order valence-corrected chi connectivity index (χ2v) is 8.45. The van der Waals surface area contributed by atoms with Crippen molar-refractivity contribution >= 4 is 21.9 Å². The standard InChI is InChI=1S/C18H26N2O6S/c1-13(17(21)19-15-7-5-4-6-8-15)26-18(22)14-9-11-16(12-10-14)27(23,24)20(2)25-3/h9-13,15H,4-8H2,1-3H3,(H,19,21)/t13-/m0/s1. The van der Waals surface area contributed by atoms with Crippen LogP contribution in [0.4, 0.5) is 0 Å². The quantitative estimate of drug-likeness (QED) is 0.556. The van der Waals surface area contributed by atoms with Crippen molar-refractivity contribution in [1.29, 1.82) is 0 Å². The molecule has 2 rings (SSSR count). The molecule has 9 heteroatoms. The van der Waals surface area contributed by atoms with Gasteiger partial charge in [-0.25, -0.2) is 13.2 Å². The molecule has 0 saturated heterocycles. The summed E-state index contributed by atoms with van der Waals surface area (Å²) in [5, 5.41) is 2.91. The highest BCUT2D eigenvalue weighted by Crippen LogP contribution is 2.18.